The lowest BCUT2D eigenvalue weighted by molar-refractivity contribution is -0.164. The van der Waals surface area contributed by atoms with Crippen molar-refractivity contribution >= 4 is 11.7 Å². The molecule has 0 bridgehead atoms. The van der Waals surface area contributed by atoms with Gasteiger partial charge in [0.1, 0.15) is 18.3 Å². The van der Waals surface area contributed by atoms with Gasteiger partial charge in [-0.2, -0.15) is 5.10 Å². The highest BCUT2D eigenvalue weighted by Crippen LogP contribution is 2.45. The summed E-state index contributed by atoms with van der Waals surface area (Å²) in [6, 6.07) is 10.1. The summed E-state index contributed by atoms with van der Waals surface area (Å²) in [4.78, 5) is 19.8. The van der Waals surface area contributed by atoms with Gasteiger partial charge >= 0.3 is 5.97 Å². The van der Waals surface area contributed by atoms with Gasteiger partial charge in [-0.05, 0) is 62.1 Å². The summed E-state index contributed by atoms with van der Waals surface area (Å²) in [5.74, 6) is 0.620. The number of carboxylic acid groups (broad SMARTS) is 1. The topological polar surface area (TPSA) is 220 Å². The quantitative estimate of drug-likeness (QED) is 0.161. The molecule has 0 amide bonds. The third-order valence-electron chi connectivity index (χ3n) is 7.64. The van der Waals surface area contributed by atoms with Gasteiger partial charge in [-0.3, -0.25) is 4.99 Å². The van der Waals surface area contributed by atoms with E-state index in [0.29, 0.717) is 18.8 Å². The number of nitrogens with zero attached hydrogens (tertiary/aromatic N) is 4. The first-order valence-corrected chi connectivity index (χ1v) is 14.2. The van der Waals surface area contributed by atoms with Gasteiger partial charge in [0.2, 0.25) is 0 Å². The minimum atomic E-state index is -2.20. The van der Waals surface area contributed by atoms with E-state index in [1.165, 1.54) is 0 Å². The first-order chi connectivity index (χ1) is 21.1. The maximum absolute atomic E-state index is 10.3. The zero-order chi connectivity index (χ0) is 32.0. The van der Waals surface area contributed by atoms with Crippen molar-refractivity contribution in [1.29, 1.82) is 0 Å². The second kappa shape index (κ2) is 14.7. The molecule has 2 aliphatic rings. The average molecular weight is 615 g/mol. The number of carbonyl (C=O) groups is 1. The lowest BCUT2D eigenvalue weighted by atomic mass is 9.74. The molecule has 1 aliphatic heterocycles. The molecule has 1 saturated carbocycles. The summed E-state index contributed by atoms with van der Waals surface area (Å²) in [6.07, 6.45) is -0.329. The minimum absolute atomic E-state index is 0.138. The molecule has 1 fully saturated rings. The van der Waals surface area contributed by atoms with Crippen molar-refractivity contribution in [3.63, 3.8) is 0 Å². The Morgan fingerprint density at radius 2 is 1.89 bits per heavy atom. The van der Waals surface area contributed by atoms with Crippen LogP contribution >= 0.6 is 0 Å². The number of carboxylic acids is 1. The van der Waals surface area contributed by atoms with E-state index in [0.717, 1.165) is 46.8 Å². The molecule has 0 saturated heterocycles. The number of methoxy groups -OCH3 is 1. The molecule has 2 aromatic heterocycles. The Hall–Kier alpha value is -3.92. The van der Waals surface area contributed by atoms with E-state index in [4.69, 9.17) is 45.1 Å². The molecule has 3 heterocycles. The largest absolute Gasteiger partial charge is 0.493 e. The zero-order valence-corrected chi connectivity index (χ0v) is 24.3. The van der Waals surface area contributed by atoms with Gasteiger partial charge in [0.05, 0.1) is 38.2 Å². The molecule has 1 aliphatic carbocycles. The second-order valence-corrected chi connectivity index (χ2v) is 10.5. The van der Waals surface area contributed by atoms with E-state index in [1.54, 1.807) is 18.0 Å². The van der Waals surface area contributed by atoms with Crippen LogP contribution in [0.1, 0.15) is 48.8 Å². The molecule has 7 atom stereocenters. The fourth-order valence-corrected chi connectivity index (χ4v) is 5.34. The van der Waals surface area contributed by atoms with Gasteiger partial charge < -0.3 is 45.2 Å². The van der Waals surface area contributed by atoms with Gasteiger partial charge in [-0.1, -0.05) is 0 Å². The summed E-state index contributed by atoms with van der Waals surface area (Å²) >= 11 is 0. The number of hydrogen-bond donors (Lipinski definition) is 7. The third kappa shape index (κ3) is 7.23. The van der Waals surface area contributed by atoms with Crippen molar-refractivity contribution in [2.24, 2.45) is 4.99 Å². The van der Waals surface area contributed by atoms with Gasteiger partial charge in [0.25, 0.3) is 0 Å². The van der Waals surface area contributed by atoms with Crippen molar-refractivity contribution in [2.75, 3.05) is 20.3 Å². The van der Waals surface area contributed by atoms with Crippen LogP contribution in [0.15, 0.2) is 53.9 Å². The molecule has 238 valence electrons. The van der Waals surface area contributed by atoms with Crippen molar-refractivity contribution in [3.8, 4) is 17.3 Å². The Morgan fingerprint density at radius 1 is 1.11 bits per heavy atom. The van der Waals surface area contributed by atoms with Crippen LogP contribution in [0.2, 0.25) is 0 Å². The Labute approximate surface area is 253 Å². The first kappa shape index (κ1) is 33.0. The third-order valence-corrected chi connectivity index (χ3v) is 7.64. The lowest BCUT2D eigenvalue weighted by Crippen LogP contribution is -2.48. The van der Waals surface area contributed by atoms with Gasteiger partial charge in [-0.25, -0.2) is 14.5 Å². The molecular weight excluding hydrogens is 576 g/mol. The molecule has 14 nitrogen and oxygen atoms in total. The van der Waals surface area contributed by atoms with Crippen molar-refractivity contribution in [1.82, 2.24) is 14.8 Å². The van der Waals surface area contributed by atoms with E-state index in [2.05, 4.69) is 16.1 Å². The van der Waals surface area contributed by atoms with E-state index >= 15 is 0 Å². The first-order valence-electron chi connectivity index (χ1n) is 14.2. The van der Waals surface area contributed by atoms with Crippen LogP contribution in [0.4, 0.5) is 0 Å². The molecule has 5 rings (SSSR count). The maximum atomic E-state index is 10.3. The van der Waals surface area contributed by atoms with Gasteiger partial charge in [0.15, 0.2) is 23.4 Å². The average Bonchev–Trinajstić information content (AvgIpc) is 3.58. The van der Waals surface area contributed by atoms with Crippen molar-refractivity contribution in [3.05, 3.63) is 65.6 Å². The Kier molecular flexibility index (Phi) is 11.0. The van der Waals surface area contributed by atoms with E-state index < -0.39 is 37.0 Å². The number of aliphatic hydroxyl groups excluding tert-OH is 6. The Balaban J connectivity index is 0.000000289. The van der Waals surface area contributed by atoms with Crippen LogP contribution in [0.5, 0.6) is 11.5 Å². The van der Waals surface area contributed by atoms with Gasteiger partial charge in [-0.15, -0.1) is 0 Å². The van der Waals surface area contributed by atoms with Crippen molar-refractivity contribution < 1.29 is 50.0 Å². The monoisotopic (exact) mass is 614 g/mol. The molecule has 1 aromatic carbocycles. The Bertz CT molecular complexity index is 1420. The fraction of sp³-hybridized carbons (Fsp3) is 0.467. The lowest BCUT2D eigenvalue weighted by Gasteiger charge is -2.37. The number of hydrogen-bond acceptors (Lipinski definition) is 12. The molecular formula is C30H38N4O10. The van der Waals surface area contributed by atoms with Crippen molar-refractivity contribution in [2.45, 2.75) is 68.7 Å². The van der Waals surface area contributed by atoms with Crippen LogP contribution < -0.4 is 9.47 Å². The summed E-state index contributed by atoms with van der Waals surface area (Å²) < 4.78 is 13.2. The molecule has 0 radical (unpaired) electrons. The number of rotatable bonds is 10. The summed E-state index contributed by atoms with van der Waals surface area (Å²) in [7, 11) is 1.65. The number of aromatic nitrogens is 3. The molecule has 0 spiro atoms. The zero-order valence-electron chi connectivity index (χ0n) is 24.3. The number of aliphatic imine (C=N–C) groups is 1. The molecule has 44 heavy (non-hydrogen) atoms. The molecule has 14 heteroatoms. The molecule has 0 unspecified atom stereocenters. The summed E-state index contributed by atoms with van der Waals surface area (Å²) in [5.41, 5.74) is 4.04. The van der Waals surface area contributed by atoms with Gasteiger partial charge in [0, 0.05) is 35.6 Å². The summed E-state index contributed by atoms with van der Waals surface area (Å²) in [5, 5.41) is 66.4. The minimum Gasteiger partial charge on any atom is -0.493 e. The highest BCUT2D eigenvalue weighted by Gasteiger charge is 2.37. The van der Waals surface area contributed by atoms with E-state index in [-0.39, 0.29) is 18.1 Å². The predicted molar refractivity (Wildman–Crippen MR) is 156 cm³/mol. The second-order valence-electron chi connectivity index (χ2n) is 10.5. The van der Waals surface area contributed by atoms with Crippen LogP contribution in [0.3, 0.4) is 0 Å². The highest BCUT2D eigenvalue weighted by molar-refractivity contribution is 6.14. The number of aliphatic hydroxyl groups is 6. The van der Waals surface area contributed by atoms with Crippen LogP contribution in [0.25, 0.3) is 5.82 Å². The Morgan fingerprint density at radius 3 is 2.48 bits per heavy atom. The van der Waals surface area contributed by atoms with E-state index in [1.807, 2.05) is 43.6 Å². The van der Waals surface area contributed by atoms with Crippen LogP contribution in [-0.2, 0) is 4.79 Å². The fourth-order valence-electron chi connectivity index (χ4n) is 5.34. The summed E-state index contributed by atoms with van der Waals surface area (Å²) in [6.45, 7) is 1.68. The maximum Gasteiger partial charge on any atom is 0.335 e. The normalized spacial score (nSPS) is 21.7. The molecule has 7 N–H and O–H groups in total. The van der Waals surface area contributed by atoms with Crippen LogP contribution in [0, 0.1) is 0 Å². The number of aliphatic carboxylic acids is 1. The smallest absolute Gasteiger partial charge is 0.335 e. The highest BCUT2D eigenvalue weighted by atomic mass is 16.5. The number of fused-ring (bicyclic) bond motifs is 3. The number of pyridine rings is 1. The number of benzene rings is 1. The van der Waals surface area contributed by atoms with Crippen LogP contribution in [-0.4, -0.2) is 119 Å². The van der Waals surface area contributed by atoms with E-state index in [9.17, 15) is 9.90 Å². The standard InChI is InChI=1S/C24H26N4O3.C6H12O7/c1-3-31-22-12-17-18-11-16(29)6-7-20(18)27-24(19(17)13-21(22)30-2)15-5-8-23(25-14-15)28-10-4-9-26-28;7-1-2(8)3(9)4(10)5(11)6(12)13/h4-5,8-10,12-14,16,18,20,29H,3,6-7,11H2,1-2H3;2-5,7-11H,1H2,(H,12,13)/t16-,18-,20-;2-,3-,4+,5-/m11/s1. The SMILES string of the molecule is CCOc1cc2c(cc1OC)C(c1ccc(-n3cccn3)nc1)=N[C@@H]1CC[C@@H](O)C[C@H]21.O=C(O)[C@H](O)[C@@H](O)[C@H](O)[C@H](O)CO. The molecule has 3 aromatic rings. The predicted octanol–water partition coefficient (Wildman–Crippen LogP) is 0.0295. The number of ether oxygens (including phenoxy) is 2.